The molecule has 2 aliphatic carbocycles. The lowest BCUT2D eigenvalue weighted by Gasteiger charge is -2.60. The SMILES string of the molecule is COc1ccc([C@@H]2[C@@H](O[Si](C(C)C)(C(C)C)C(C)C)C[C@]34C[C@H](C(C)(C)O)OC3=CC(=O)[C@H]2C4(OC)OC)cc1OC. The topological polar surface area (TPSA) is 92.7 Å². The molecule has 4 rings (SSSR count). The molecule has 3 aliphatic rings. The number of aliphatic hydroxyl groups is 1. The number of ketones is 1. The lowest BCUT2D eigenvalue weighted by molar-refractivity contribution is -0.318. The molecule has 2 fully saturated rings. The van der Waals surface area contributed by atoms with Gasteiger partial charge in [0.2, 0.25) is 8.32 Å². The van der Waals surface area contributed by atoms with Crippen molar-refractivity contribution >= 4 is 14.1 Å². The number of methoxy groups -OCH3 is 4. The largest absolute Gasteiger partial charge is 0.493 e. The zero-order valence-electron chi connectivity index (χ0n) is 27.6. The highest BCUT2D eigenvalue weighted by molar-refractivity contribution is 6.77. The Bertz CT molecular complexity index is 1160. The van der Waals surface area contributed by atoms with Crippen LogP contribution in [-0.4, -0.2) is 71.2 Å². The van der Waals surface area contributed by atoms with Crippen LogP contribution in [-0.2, 0) is 23.4 Å². The summed E-state index contributed by atoms with van der Waals surface area (Å²) in [7, 11) is 4.01. The fraction of sp³-hybridized carbons (Fsp3) is 0.727. The second-order valence-electron chi connectivity index (χ2n) is 13.8. The van der Waals surface area contributed by atoms with E-state index in [9.17, 15) is 9.90 Å². The van der Waals surface area contributed by atoms with Crippen molar-refractivity contribution in [3.63, 3.8) is 0 Å². The molecule has 0 amide bonds. The number of allylic oxidation sites excluding steroid dienone is 1. The quantitative estimate of drug-likeness (QED) is 0.230. The van der Waals surface area contributed by atoms with E-state index in [0.717, 1.165) is 5.56 Å². The van der Waals surface area contributed by atoms with Crippen molar-refractivity contribution in [2.75, 3.05) is 28.4 Å². The maximum atomic E-state index is 14.3. The lowest BCUT2D eigenvalue weighted by atomic mass is 9.52. The molecule has 1 aromatic carbocycles. The van der Waals surface area contributed by atoms with Gasteiger partial charge in [0.15, 0.2) is 23.1 Å². The maximum Gasteiger partial charge on any atom is 0.200 e. The van der Waals surface area contributed by atoms with Crippen molar-refractivity contribution in [2.45, 2.75) is 114 Å². The van der Waals surface area contributed by atoms with Crippen LogP contribution in [0.2, 0.25) is 16.6 Å². The Balaban J connectivity index is 2.01. The van der Waals surface area contributed by atoms with Gasteiger partial charge >= 0.3 is 0 Å². The van der Waals surface area contributed by atoms with Gasteiger partial charge in [-0.3, -0.25) is 4.79 Å². The number of rotatable bonds is 11. The molecule has 9 heteroatoms. The summed E-state index contributed by atoms with van der Waals surface area (Å²) < 4.78 is 38.0. The molecule has 1 N–H and O–H groups in total. The lowest BCUT2D eigenvalue weighted by Crippen LogP contribution is -2.68. The normalized spacial score (nSPS) is 29.0. The first-order valence-electron chi connectivity index (χ1n) is 15.2. The van der Waals surface area contributed by atoms with Crippen molar-refractivity contribution in [3.05, 3.63) is 35.6 Å². The smallest absolute Gasteiger partial charge is 0.200 e. The van der Waals surface area contributed by atoms with Gasteiger partial charge in [0, 0.05) is 32.6 Å². The van der Waals surface area contributed by atoms with E-state index in [1.165, 1.54) is 0 Å². The molecule has 2 bridgehead atoms. The summed E-state index contributed by atoms with van der Waals surface area (Å²) in [5.74, 6) is -0.880. The zero-order valence-corrected chi connectivity index (χ0v) is 28.6. The Kier molecular flexibility index (Phi) is 9.07. The summed E-state index contributed by atoms with van der Waals surface area (Å²) in [6.07, 6.45) is 1.68. The summed E-state index contributed by atoms with van der Waals surface area (Å²) in [6.45, 7) is 17.1. The van der Waals surface area contributed by atoms with E-state index in [2.05, 4.69) is 41.5 Å². The molecular weight excluding hydrogens is 552 g/mol. The summed E-state index contributed by atoms with van der Waals surface area (Å²) in [5, 5.41) is 11.1. The van der Waals surface area contributed by atoms with Gasteiger partial charge in [-0.25, -0.2) is 0 Å². The number of carbonyl (C=O) groups is 1. The Morgan fingerprint density at radius 3 is 1.98 bits per heavy atom. The van der Waals surface area contributed by atoms with Gasteiger partial charge in [-0.1, -0.05) is 47.6 Å². The van der Waals surface area contributed by atoms with E-state index in [-0.39, 0.29) is 11.9 Å². The molecular formula is C33H52O8Si. The van der Waals surface area contributed by atoms with Crippen LogP contribution in [0.3, 0.4) is 0 Å². The molecule has 8 nitrogen and oxygen atoms in total. The summed E-state index contributed by atoms with van der Waals surface area (Å²) in [4.78, 5) is 14.3. The van der Waals surface area contributed by atoms with Crippen LogP contribution in [0, 0.1) is 11.3 Å². The van der Waals surface area contributed by atoms with Crippen LogP contribution in [0.25, 0.3) is 0 Å². The van der Waals surface area contributed by atoms with Crippen molar-refractivity contribution in [2.24, 2.45) is 11.3 Å². The van der Waals surface area contributed by atoms with Gasteiger partial charge < -0.3 is 33.2 Å². The minimum absolute atomic E-state index is 0.139. The van der Waals surface area contributed by atoms with Gasteiger partial charge in [0.05, 0.1) is 37.3 Å². The van der Waals surface area contributed by atoms with E-state index >= 15 is 0 Å². The molecule has 236 valence electrons. The second-order valence-corrected chi connectivity index (χ2v) is 19.2. The van der Waals surface area contributed by atoms with E-state index in [0.29, 0.717) is 46.7 Å². The molecule has 1 heterocycles. The average molecular weight is 605 g/mol. The highest BCUT2D eigenvalue weighted by Crippen LogP contribution is 2.67. The Hall–Kier alpha value is -1.91. The van der Waals surface area contributed by atoms with Crippen molar-refractivity contribution in [1.29, 1.82) is 0 Å². The second kappa shape index (κ2) is 11.5. The maximum absolute atomic E-state index is 14.3. The Labute approximate surface area is 253 Å². The molecule has 0 radical (unpaired) electrons. The average Bonchev–Trinajstić information content (AvgIpc) is 3.29. The first-order valence-corrected chi connectivity index (χ1v) is 17.4. The number of benzene rings is 1. The van der Waals surface area contributed by atoms with Crippen LogP contribution in [0.1, 0.15) is 79.7 Å². The van der Waals surface area contributed by atoms with Crippen molar-refractivity contribution in [1.82, 2.24) is 0 Å². The number of carbonyl (C=O) groups excluding carboxylic acids is 1. The standard InChI is InChI=1S/C33H52O8Si/c1-19(2)42(20(3)4,21(5)6)41-26-17-32-18-28(31(7,8)35)40-27(32)16-23(34)30(33(32,38-11)39-12)29(26)22-13-14-24(36-9)25(15-22)37-10/h13-16,19-21,26,28-30,35H,17-18H2,1-12H3/t26-,28+,29+,30+,32-/m0/s1. The summed E-state index contributed by atoms with van der Waals surface area (Å²) in [6, 6.07) is 5.83. The molecule has 1 saturated carbocycles. The summed E-state index contributed by atoms with van der Waals surface area (Å²) in [5.41, 5.74) is -0.0472. The predicted molar refractivity (Wildman–Crippen MR) is 164 cm³/mol. The van der Waals surface area contributed by atoms with Crippen molar-refractivity contribution < 1.29 is 38.0 Å². The van der Waals surface area contributed by atoms with Crippen LogP contribution in [0.15, 0.2) is 30.0 Å². The number of hydrogen-bond donors (Lipinski definition) is 1. The first kappa shape index (κ1) is 33.0. The molecule has 1 spiro atoms. The van der Waals surface area contributed by atoms with E-state index < -0.39 is 43.1 Å². The number of ether oxygens (including phenoxy) is 5. The van der Waals surface area contributed by atoms with E-state index in [1.54, 1.807) is 48.4 Å². The van der Waals surface area contributed by atoms with Gasteiger partial charge in [0.25, 0.3) is 0 Å². The van der Waals surface area contributed by atoms with Crippen LogP contribution in [0.5, 0.6) is 11.5 Å². The summed E-state index contributed by atoms with van der Waals surface area (Å²) >= 11 is 0. The van der Waals surface area contributed by atoms with Gasteiger partial charge in [-0.2, -0.15) is 0 Å². The monoisotopic (exact) mass is 604 g/mol. The van der Waals surface area contributed by atoms with Gasteiger partial charge in [-0.05, 0) is 54.6 Å². The minimum Gasteiger partial charge on any atom is -0.493 e. The third kappa shape index (κ3) is 4.74. The van der Waals surface area contributed by atoms with Crippen LogP contribution in [0.4, 0.5) is 0 Å². The fourth-order valence-electron chi connectivity index (χ4n) is 8.71. The third-order valence-electron chi connectivity index (χ3n) is 10.5. The third-order valence-corrected chi connectivity index (χ3v) is 16.6. The number of hydrogen-bond acceptors (Lipinski definition) is 8. The minimum atomic E-state index is -2.43. The van der Waals surface area contributed by atoms with Gasteiger partial charge in [0.1, 0.15) is 11.9 Å². The fourth-order valence-corrected chi connectivity index (χ4v) is 14.3. The van der Waals surface area contributed by atoms with E-state index in [4.69, 9.17) is 28.1 Å². The van der Waals surface area contributed by atoms with Gasteiger partial charge in [-0.15, -0.1) is 0 Å². The molecule has 1 aliphatic heterocycles. The molecule has 0 aromatic heterocycles. The molecule has 1 aromatic rings. The van der Waals surface area contributed by atoms with Crippen molar-refractivity contribution in [3.8, 4) is 11.5 Å². The van der Waals surface area contributed by atoms with Crippen LogP contribution >= 0.6 is 0 Å². The highest BCUT2D eigenvalue weighted by Gasteiger charge is 2.74. The highest BCUT2D eigenvalue weighted by atomic mass is 28.4. The first-order chi connectivity index (χ1) is 19.6. The zero-order chi connectivity index (χ0) is 31.4. The number of fused-ring (bicyclic) bond motifs is 1. The molecule has 42 heavy (non-hydrogen) atoms. The molecule has 1 saturated heterocycles. The Morgan fingerprint density at radius 1 is 0.929 bits per heavy atom. The predicted octanol–water partition coefficient (Wildman–Crippen LogP) is 6.37. The van der Waals surface area contributed by atoms with E-state index in [1.807, 2.05) is 18.2 Å². The molecule has 5 atom stereocenters. The van der Waals surface area contributed by atoms with Crippen LogP contribution < -0.4 is 9.47 Å². The Morgan fingerprint density at radius 2 is 1.50 bits per heavy atom. The molecule has 0 unspecified atom stereocenters.